The molecule has 0 saturated heterocycles. The molecular weight excluding hydrogens is 299 g/mol. The third-order valence-electron chi connectivity index (χ3n) is 2.68. The molecule has 1 aromatic heterocycles. The Kier molecular flexibility index (Phi) is 4.40. The summed E-state index contributed by atoms with van der Waals surface area (Å²) in [5.74, 6) is -1.46. The van der Waals surface area contributed by atoms with Crippen LogP contribution in [0.15, 0.2) is 48.8 Å². The number of hydrogen-bond acceptors (Lipinski definition) is 3. The van der Waals surface area contributed by atoms with Gasteiger partial charge in [0.05, 0.1) is 5.56 Å². The summed E-state index contributed by atoms with van der Waals surface area (Å²) in [6.07, 6.45) is -1.76. The van der Waals surface area contributed by atoms with E-state index >= 15 is 0 Å². The Bertz CT molecular complexity index is 687. The van der Waals surface area contributed by atoms with E-state index < -0.39 is 23.6 Å². The Morgan fingerprint density at radius 3 is 2.09 bits per heavy atom. The first-order valence-electron chi connectivity index (χ1n) is 6.06. The van der Waals surface area contributed by atoms with Crippen LogP contribution < -0.4 is 10.9 Å². The van der Waals surface area contributed by atoms with Gasteiger partial charge in [0.1, 0.15) is 0 Å². The minimum Gasteiger partial charge on any atom is -0.267 e. The maximum absolute atomic E-state index is 12.6. The molecule has 2 rings (SSSR count). The molecule has 0 radical (unpaired) electrons. The number of aromatic nitrogens is 1. The zero-order valence-corrected chi connectivity index (χ0v) is 11.0. The van der Waals surface area contributed by atoms with Crippen LogP contribution in [0.25, 0.3) is 0 Å². The number of alkyl halides is 3. The fraction of sp³-hybridized carbons (Fsp3) is 0.0714. The van der Waals surface area contributed by atoms with Crippen molar-refractivity contribution in [3.05, 3.63) is 65.5 Å². The highest BCUT2D eigenvalue weighted by molar-refractivity contribution is 5.99. The summed E-state index contributed by atoms with van der Waals surface area (Å²) < 4.78 is 37.7. The van der Waals surface area contributed by atoms with E-state index in [1.165, 1.54) is 30.6 Å². The Morgan fingerprint density at radius 1 is 0.909 bits per heavy atom. The lowest BCUT2D eigenvalue weighted by molar-refractivity contribution is -0.137. The van der Waals surface area contributed by atoms with Crippen molar-refractivity contribution < 1.29 is 22.8 Å². The summed E-state index contributed by atoms with van der Waals surface area (Å²) in [4.78, 5) is 27.2. The van der Waals surface area contributed by atoms with Gasteiger partial charge in [0, 0.05) is 23.5 Å². The van der Waals surface area contributed by atoms with Crippen molar-refractivity contribution in [3.63, 3.8) is 0 Å². The molecule has 8 heteroatoms. The average molecular weight is 309 g/mol. The van der Waals surface area contributed by atoms with Crippen LogP contribution in [0.1, 0.15) is 26.3 Å². The van der Waals surface area contributed by atoms with Gasteiger partial charge in [-0.3, -0.25) is 25.4 Å². The van der Waals surface area contributed by atoms with Crippen molar-refractivity contribution in [2.75, 3.05) is 0 Å². The first kappa shape index (κ1) is 15.5. The molecule has 0 fully saturated rings. The Morgan fingerprint density at radius 2 is 1.50 bits per heavy atom. The molecule has 2 aromatic rings. The lowest BCUT2D eigenvalue weighted by atomic mass is 10.1. The van der Waals surface area contributed by atoms with E-state index in [1.54, 1.807) is 0 Å². The smallest absolute Gasteiger partial charge is 0.267 e. The molecule has 0 unspecified atom stereocenters. The number of carbonyl (C=O) groups excluding carboxylic acids is 2. The summed E-state index contributed by atoms with van der Waals surface area (Å²) in [6.45, 7) is 0. The first-order valence-corrected chi connectivity index (χ1v) is 6.06. The summed E-state index contributed by atoms with van der Waals surface area (Å²) in [5.41, 5.74) is 3.25. The van der Waals surface area contributed by atoms with E-state index in [0.29, 0.717) is 6.07 Å². The molecule has 0 aliphatic heterocycles. The summed E-state index contributed by atoms with van der Waals surface area (Å²) >= 11 is 0. The van der Waals surface area contributed by atoms with Crippen LogP contribution in [-0.4, -0.2) is 16.8 Å². The molecule has 5 nitrogen and oxygen atoms in total. The lowest BCUT2D eigenvalue weighted by Crippen LogP contribution is -2.41. The topological polar surface area (TPSA) is 71.1 Å². The normalized spacial score (nSPS) is 10.9. The number of pyridine rings is 1. The van der Waals surface area contributed by atoms with Crippen LogP contribution >= 0.6 is 0 Å². The predicted octanol–water partition coefficient (Wildman–Crippen LogP) is 2.18. The number of hydrazine groups is 1. The fourth-order valence-electron chi connectivity index (χ4n) is 1.60. The van der Waals surface area contributed by atoms with Gasteiger partial charge in [0.2, 0.25) is 0 Å². The molecule has 0 spiro atoms. The van der Waals surface area contributed by atoms with Gasteiger partial charge in [-0.15, -0.1) is 0 Å². The highest BCUT2D eigenvalue weighted by Gasteiger charge is 2.30. The largest absolute Gasteiger partial charge is 0.416 e. The quantitative estimate of drug-likeness (QED) is 0.835. The number of halogens is 3. The Labute approximate surface area is 123 Å². The van der Waals surface area contributed by atoms with Gasteiger partial charge in [-0.2, -0.15) is 13.2 Å². The summed E-state index contributed by atoms with van der Waals surface area (Å²) in [6, 6.07) is 6.73. The standard InChI is InChI=1S/C14H10F3N3O2/c15-14(16,17)11-3-1-2-10(8-11)13(22)20-19-12(21)9-4-6-18-7-5-9/h1-8H,(H,19,21)(H,20,22). The molecule has 0 saturated carbocycles. The van der Waals surface area contributed by atoms with Gasteiger partial charge in [-0.05, 0) is 30.3 Å². The third-order valence-corrected chi connectivity index (χ3v) is 2.68. The first-order chi connectivity index (χ1) is 10.4. The molecule has 0 bridgehead atoms. The third kappa shape index (κ3) is 3.81. The summed E-state index contributed by atoms with van der Waals surface area (Å²) in [5, 5.41) is 0. The van der Waals surface area contributed by atoms with Crippen molar-refractivity contribution in [1.82, 2.24) is 15.8 Å². The lowest BCUT2D eigenvalue weighted by Gasteiger charge is -2.10. The van der Waals surface area contributed by atoms with E-state index in [4.69, 9.17) is 0 Å². The molecule has 2 amide bonds. The highest BCUT2D eigenvalue weighted by Crippen LogP contribution is 2.29. The molecule has 0 atom stereocenters. The average Bonchev–Trinajstić information content (AvgIpc) is 2.52. The molecule has 2 N–H and O–H groups in total. The van der Waals surface area contributed by atoms with E-state index in [1.807, 2.05) is 5.43 Å². The molecule has 114 valence electrons. The van der Waals surface area contributed by atoms with Gasteiger partial charge >= 0.3 is 6.18 Å². The predicted molar refractivity (Wildman–Crippen MR) is 70.6 cm³/mol. The zero-order chi connectivity index (χ0) is 16.2. The molecular formula is C14H10F3N3O2. The van der Waals surface area contributed by atoms with E-state index in [-0.39, 0.29) is 11.1 Å². The van der Waals surface area contributed by atoms with Gasteiger partial charge in [0.15, 0.2) is 0 Å². The highest BCUT2D eigenvalue weighted by atomic mass is 19.4. The molecule has 1 heterocycles. The van der Waals surface area contributed by atoms with E-state index in [2.05, 4.69) is 10.4 Å². The van der Waals surface area contributed by atoms with Crippen molar-refractivity contribution in [2.45, 2.75) is 6.18 Å². The minimum atomic E-state index is -4.55. The van der Waals surface area contributed by atoms with Crippen molar-refractivity contribution >= 4 is 11.8 Å². The van der Waals surface area contributed by atoms with Gasteiger partial charge in [-0.1, -0.05) is 6.07 Å². The van der Waals surface area contributed by atoms with Crippen LogP contribution in [0, 0.1) is 0 Å². The van der Waals surface area contributed by atoms with Crippen LogP contribution in [0.3, 0.4) is 0 Å². The number of hydrogen-bond donors (Lipinski definition) is 2. The number of benzene rings is 1. The number of nitrogens with one attached hydrogen (secondary N) is 2. The van der Waals surface area contributed by atoms with Crippen LogP contribution in [0.2, 0.25) is 0 Å². The second-order valence-electron chi connectivity index (χ2n) is 4.22. The van der Waals surface area contributed by atoms with Crippen LogP contribution in [0.5, 0.6) is 0 Å². The Balaban J connectivity index is 2.03. The second kappa shape index (κ2) is 6.25. The number of nitrogens with zero attached hydrogens (tertiary/aromatic N) is 1. The maximum atomic E-state index is 12.6. The molecule has 0 aliphatic rings. The maximum Gasteiger partial charge on any atom is 0.416 e. The van der Waals surface area contributed by atoms with Crippen LogP contribution in [0.4, 0.5) is 13.2 Å². The van der Waals surface area contributed by atoms with Gasteiger partial charge in [0.25, 0.3) is 11.8 Å². The van der Waals surface area contributed by atoms with Crippen molar-refractivity contribution in [2.24, 2.45) is 0 Å². The number of amides is 2. The van der Waals surface area contributed by atoms with Gasteiger partial charge in [-0.25, -0.2) is 0 Å². The molecule has 22 heavy (non-hydrogen) atoms. The number of carbonyl (C=O) groups is 2. The SMILES string of the molecule is O=C(NNC(=O)c1cccc(C(F)(F)F)c1)c1ccncc1. The van der Waals surface area contributed by atoms with Crippen molar-refractivity contribution in [3.8, 4) is 0 Å². The fourth-order valence-corrected chi connectivity index (χ4v) is 1.60. The van der Waals surface area contributed by atoms with Gasteiger partial charge < -0.3 is 0 Å². The molecule has 1 aromatic carbocycles. The van der Waals surface area contributed by atoms with Crippen LogP contribution in [-0.2, 0) is 6.18 Å². The van der Waals surface area contributed by atoms with Crippen molar-refractivity contribution in [1.29, 1.82) is 0 Å². The monoisotopic (exact) mass is 309 g/mol. The van der Waals surface area contributed by atoms with E-state index in [0.717, 1.165) is 12.1 Å². The Hall–Kier alpha value is -2.90. The summed E-state index contributed by atoms with van der Waals surface area (Å²) in [7, 11) is 0. The number of rotatable bonds is 2. The minimum absolute atomic E-state index is 0.218. The second-order valence-corrected chi connectivity index (χ2v) is 4.22. The zero-order valence-electron chi connectivity index (χ0n) is 11.0. The van der Waals surface area contributed by atoms with E-state index in [9.17, 15) is 22.8 Å². The molecule has 0 aliphatic carbocycles.